The largest absolute Gasteiger partial charge is 0.490 e. The predicted octanol–water partition coefficient (Wildman–Crippen LogP) is 3.29. The maximum absolute atomic E-state index is 13.3. The molecule has 0 fully saturated rings. The Labute approximate surface area is 103 Å². The van der Waals surface area contributed by atoms with E-state index in [1.54, 1.807) is 12.1 Å². The molecule has 0 amide bonds. The highest BCUT2D eigenvalue weighted by Crippen LogP contribution is 2.18. The van der Waals surface area contributed by atoms with Crippen LogP contribution in [0.15, 0.2) is 18.2 Å². The van der Waals surface area contributed by atoms with Crippen molar-refractivity contribution in [3.05, 3.63) is 29.6 Å². The summed E-state index contributed by atoms with van der Waals surface area (Å²) in [5.41, 5.74) is 1.13. The molecule has 0 aromatic heterocycles. The van der Waals surface area contributed by atoms with Gasteiger partial charge in [-0.05, 0) is 58.4 Å². The molecule has 1 aromatic rings. The van der Waals surface area contributed by atoms with Crippen LogP contribution in [0.1, 0.15) is 32.8 Å². The Morgan fingerprint density at radius 1 is 1.29 bits per heavy atom. The van der Waals surface area contributed by atoms with Crippen molar-refractivity contribution in [2.45, 2.75) is 39.7 Å². The van der Waals surface area contributed by atoms with E-state index in [2.05, 4.69) is 26.1 Å². The van der Waals surface area contributed by atoms with Crippen LogP contribution in [0.4, 0.5) is 4.39 Å². The number of ether oxygens (including phenoxy) is 1. The van der Waals surface area contributed by atoms with Crippen LogP contribution in [0.5, 0.6) is 5.75 Å². The second-order valence-electron chi connectivity index (χ2n) is 5.31. The average molecular weight is 239 g/mol. The number of rotatable bonds is 5. The number of hydrogen-bond donors (Lipinski definition) is 1. The lowest BCUT2D eigenvalue weighted by Gasteiger charge is -2.20. The smallest absolute Gasteiger partial charge is 0.165 e. The van der Waals surface area contributed by atoms with Gasteiger partial charge in [0.1, 0.15) is 0 Å². The van der Waals surface area contributed by atoms with Crippen molar-refractivity contribution in [1.82, 2.24) is 5.32 Å². The molecule has 96 valence electrons. The molecule has 0 aliphatic heterocycles. The van der Waals surface area contributed by atoms with Gasteiger partial charge in [-0.1, -0.05) is 6.07 Å². The third kappa shape index (κ3) is 5.68. The first-order valence-electron chi connectivity index (χ1n) is 6.02. The lowest BCUT2D eigenvalue weighted by molar-refractivity contribution is 0.285. The highest BCUT2D eigenvalue weighted by atomic mass is 19.1. The van der Waals surface area contributed by atoms with Crippen molar-refractivity contribution in [1.29, 1.82) is 0 Å². The molecule has 3 heteroatoms. The molecular weight excluding hydrogens is 217 g/mol. The van der Waals surface area contributed by atoms with E-state index >= 15 is 0 Å². The maximum Gasteiger partial charge on any atom is 0.165 e. The summed E-state index contributed by atoms with van der Waals surface area (Å²) < 4.78 is 18.7. The highest BCUT2D eigenvalue weighted by Gasteiger charge is 2.07. The summed E-state index contributed by atoms with van der Waals surface area (Å²) in [7, 11) is 0. The normalized spacial score (nSPS) is 11.6. The number of halogens is 1. The van der Waals surface area contributed by atoms with Gasteiger partial charge >= 0.3 is 0 Å². The summed E-state index contributed by atoms with van der Waals surface area (Å²) in [4.78, 5) is 0. The molecule has 0 spiro atoms. The fraction of sp³-hybridized carbons (Fsp3) is 0.571. The molecule has 0 aliphatic rings. The topological polar surface area (TPSA) is 21.3 Å². The summed E-state index contributed by atoms with van der Waals surface area (Å²) in [6.45, 7) is 9.68. The molecule has 1 aromatic carbocycles. The van der Waals surface area contributed by atoms with Crippen LogP contribution < -0.4 is 10.1 Å². The van der Waals surface area contributed by atoms with E-state index in [4.69, 9.17) is 4.74 Å². The van der Waals surface area contributed by atoms with Gasteiger partial charge in [0.05, 0.1) is 6.61 Å². The predicted molar refractivity (Wildman–Crippen MR) is 69.0 cm³/mol. The molecule has 0 heterocycles. The fourth-order valence-electron chi connectivity index (χ4n) is 1.44. The first-order chi connectivity index (χ1) is 7.88. The molecule has 0 bridgehead atoms. The molecule has 17 heavy (non-hydrogen) atoms. The third-order valence-corrected chi connectivity index (χ3v) is 2.32. The van der Waals surface area contributed by atoms with E-state index in [-0.39, 0.29) is 11.4 Å². The van der Waals surface area contributed by atoms with Crippen molar-refractivity contribution in [3.63, 3.8) is 0 Å². The molecule has 0 radical (unpaired) electrons. The Morgan fingerprint density at radius 3 is 2.65 bits per heavy atom. The zero-order chi connectivity index (χ0) is 12.9. The third-order valence-electron chi connectivity index (χ3n) is 2.32. The van der Waals surface area contributed by atoms with Crippen molar-refractivity contribution in [2.75, 3.05) is 13.2 Å². The second-order valence-corrected chi connectivity index (χ2v) is 5.31. The number of nitrogens with one attached hydrogen (secondary N) is 1. The average Bonchev–Trinajstić information content (AvgIpc) is 2.21. The summed E-state index contributed by atoms with van der Waals surface area (Å²) in [5, 5.41) is 3.36. The van der Waals surface area contributed by atoms with Crippen molar-refractivity contribution >= 4 is 0 Å². The van der Waals surface area contributed by atoms with Gasteiger partial charge in [0, 0.05) is 5.54 Å². The van der Waals surface area contributed by atoms with Gasteiger partial charge in [-0.15, -0.1) is 0 Å². The Morgan fingerprint density at radius 2 is 2.00 bits per heavy atom. The van der Waals surface area contributed by atoms with E-state index in [1.807, 2.05) is 6.92 Å². The number of aryl methyl sites for hydroxylation is 1. The molecule has 2 nitrogen and oxygen atoms in total. The Hall–Kier alpha value is -1.09. The summed E-state index contributed by atoms with van der Waals surface area (Å²) in [5.74, 6) is 0.0557. The van der Waals surface area contributed by atoms with Gasteiger partial charge in [-0.25, -0.2) is 4.39 Å². The Bertz CT molecular complexity index is 358. The van der Waals surface area contributed by atoms with Gasteiger partial charge in [0.2, 0.25) is 0 Å². The Balaban J connectivity index is 2.29. The van der Waals surface area contributed by atoms with Crippen LogP contribution in [0.3, 0.4) is 0 Å². The number of benzene rings is 1. The molecule has 1 N–H and O–H groups in total. The van der Waals surface area contributed by atoms with Crippen LogP contribution in [0, 0.1) is 12.7 Å². The first-order valence-corrected chi connectivity index (χ1v) is 6.02. The molecule has 0 unspecified atom stereocenters. The Kier molecular flexibility index (Phi) is 4.94. The first kappa shape index (κ1) is 14.0. The minimum atomic E-state index is -0.292. The lowest BCUT2D eigenvalue weighted by atomic mass is 10.1. The van der Waals surface area contributed by atoms with Crippen molar-refractivity contribution < 1.29 is 9.13 Å². The number of hydrogen-bond acceptors (Lipinski definition) is 2. The van der Waals surface area contributed by atoms with Gasteiger partial charge in [-0.3, -0.25) is 0 Å². The summed E-state index contributed by atoms with van der Waals surface area (Å²) in [6.07, 6.45) is 0.866. The quantitative estimate of drug-likeness (QED) is 0.796. The SMILES string of the molecule is Cc1ccc(F)c(OCCCNC(C)(C)C)c1. The monoisotopic (exact) mass is 239 g/mol. The standard InChI is InChI=1S/C14H22FNO/c1-11-6-7-12(15)13(10-11)17-9-5-8-16-14(2,3)4/h6-7,10,16H,5,8-9H2,1-4H3. The molecular formula is C14H22FNO. The van der Waals surface area contributed by atoms with Crippen molar-refractivity contribution in [3.8, 4) is 5.75 Å². The maximum atomic E-state index is 13.3. The molecule has 1 rings (SSSR count). The van der Waals surface area contributed by atoms with E-state index in [0.717, 1.165) is 18.5 Å². The van der Waals surface area contributed by atoms with Crippen LogP contribution in [0.2, 0.25) is 0 Å². The van der Waals surface area contributed by atoms with E-state index < -0.39 is 0 Å². The highest BCUT2D eigenvalue weighted by molar-refractivity contribution is 5.29. The minimum absolute atomic E-state index is 0.120. The fourth-order valence-corrected chi connectivity index (χ4v) is 1.44. The minimum Gasteiger partial charge on any atom is -0.490 e. The summed E-state index contributed by atoms with van der Waals surface area (Å²) in [6, 6.07) is 4.91. The molecule has 0 atom stereocenters. The lowest BCUT2D eigenvalue weighted by Crippen LogP contribution is -2.36. The summed E-state index contributed by atoms with van der Waals surface area (Å²) >= 11 is 0. The van der Waals surface area contributed by atoms with Gasteiger partial charge in [0.25, 0.3) is 0 Å². The van der Waals surface area contributed by atoms with Crippen LogP contribution in [0.25, 0.3) is 0 Å². The van der Waals surface area contributed by atoms with Crippen LogP contribution in [-0.2, 0) is 0 Å². The second kappa shape index (κ2) is 6.01. The van der Waals surface area contributed by atoms with E-state index in [0.29, 0.717) is 12.4 Å². The zero-order valence-electron chi connectivity index (χ0n) is 11.1. The van der Waals surface area contributed by atoms with Crippen LogP contribution >= 0.6 is 0 Å². The van der Waals surface area contributed by atoms with Gasteiger partial charge < -0.3 is 10.1 Å². The zero-order valence-corrected chi connectivity index (χ0v) is 11.1. The molecule has 0 saturated heterocycles. The van der Waals surface area contributed by atoms with E-state index in [1.165, 1.54) is 6.07 Å². The molecule has 0 aliphatic carbocycles. The van der Waals surface area contributed by atoms with Crippen molar-refractivity contribution in [2.24, 2.45) is 0 Å². The van der Waals surface area contributed by atoms with Crippen LogP contribution in [-0.4, -0.2) is 18.7 Å². The molecule has 0 saturated carbocycles. The van der Waals surface area contributed by atoms with E-state index in [9.17, 15) is 4.39 Å². The van der Waals surface area contributed by atoms with Gasteiger partial charge in [-0.2, -0.15) is 0 Å². The van der Waals surface area contributed by atoms with Gasteiger partial charge in [0.15, 0.2) is 11.6 Å².